The van der Waals surface area contributed by atoms with E-state index in [0.29, 0.717) is 5.92 Å². The molecule has 1 heteroatoms. The predicted octanol–water partition coefficient (Wildman–Crippen LogP) is 2.45. The zero-order chi connectivity index (χ0) is 8.10. The van der Waals surface area contributed by atoms with Gasteiger partial charge >= 0.3 is 0 Å². The van der Waals surface area contributed by atoms with Crippen molar-refractivity contribution in [2.45, 2.75) is 13.3 Å². The Morgan fingerprint density at radius 2 is 2.45 bits per heavy atom. The molecule has 1 atom stereocenters. The molecule has 0 amide bonds. The first-order valence-corrected chi connectivity index (χ1v) is 3.85. The van der Waals surface area contributed by atoms with Crippen molar-refractivity contribution in [3.63, 3.8) is 0 Å². The van der Waals surface area contributed by atoms with Crippen LogP contribution in [0.5, 0.6) is 0 Å². The summed E-state index contributed by atoms with van der Waals surface area (Å²) in [7, 11) is 0. The molecule has 0 bridgehead atoms. The monoisotopic (exact) mass is 147 g/mol. The first-order valence-electron chi connectivity index (χ1n) is 3.85. The van der Waals surface area contributed by atoms with Gasteiger partial charge in [0.2, 0.25) is 0 Å². The minimum atomic E-state index is 0.518. The van der Waals surface area contributed by atoms with Gasteiger partial charge < -0.3 is 0 Å². The molecule has 0 aliphatic carbocycles. The first kappa shape index (κ1) is 7.99. The van der Waals surface area contributed by atoms with Gasteiger partial charge in [-0.25, -0.2) is 0 Å². The molecule has 11 heavy (non-hydrogen) atoms. The van der Waals surface area contributed by atoms with Gasteiger partial charge in [-0.15, -0.1) is 6.58 Å². The second kappa shape index (κ2) is 3.91. The summed E-state index contributed by atoms with van der Waals surface area (Å²) in [5.41, 5.74) is 1.14. The van der Waals surface area contributed by atoms with Crippen LogP contribution in [0.2, 0.25) is 0 Å². The van der Waals surface area contributed by atoms with Crippen molar-refractivity contribution in [3.05, 3.63) is 42.7 Å². The lowest BCUT2D eigenvalue weighted by atomic mass is 10.1. The van der Waals surface area contributed by atoms with Crippen LogP contribution in [0.25, 0.3) is 0 Å². The van der Waals surface area contributed by atoms with Gasteiger partial charge in [0.15, 0.2) is 0 Å². The molecular formula is C10H13N. The van der Waals surface area contributed by atoms with Gasteiger partial charge in [-0.1, -0.05) is 19.1 Å². The van der Waals surface area contributed by atoms with E-state index < -0.39 is 0 Å². The molecule has 0 saturated carbocycles. The zero-order valence-electron chi connectivity index (χ0n) is 6.83. The number of hydrogen-bond acceptors (Lipinski definition) is 1. The number of pyridine rings is 1. The van der Waals surface area contributed by atoms with E-state index in [2.05, 4.69) is 18.5 Å². The lowest BCUT2D eigenvalue weighted by Crippen LogP contribution is -1.96. The van der Waals surface area contributed by atoms with Crippen LogP contribution < -0.4 is 0 Å². The van der Waals surface area contributed by atoms with Crippen molar-refractivity contribution in [2.24, 2.45) is 5.92 Å². The Kier molecular flexibility index (Phi) is 2.84. The summed E-state index contributed by atoms with van der Waals surface area (Å²) in [6.07, 6.45) is 4.77. The Balaban J connectivity index is 2.57. The molecule has 0 aromatic carbocycles. The summed E-state index contributed by atoms with van der Waals surface area (Å²) in [4.78, 5) is 4.22. The Morgan fingerprint density at radius 3 is 3.00 bits per heavy atom. The third kappa shape index (κ3) is 2.54. The van der Waals surface area contributed by atoms with Crippen molar-refractivity contribution in [1.29, 1.82) is 0 Å². The van der Waals surface area contributed by atoms with Gasteiger partial charge in [-0.2, -0.15) is 0 Å². The van der Waals surface area contributed by atoms with Gasteiger partial charge in [-0.05, 0) is 24.5 Å². The van der Waals surface area contributed by atoms with Crippen molar-refractivity contribution in [3.8, 4) is 0 Å². The van der Waals surface area contributed by atoms with Gasteiger partial charge in [0.25, 0.3) is 0 Å². The standard InChI is InChI=1S/C10H13N/c1-3-9(2)8-10-6-4-5-7-11-10/h3-7,9H,1,8H2,2H3/t9-/m1/s1. The molecule has 1 nitrogen and oxygen atoms in total. The molecular weight excluding hydrogens is 134 g/mol. The number of hydrogen-bond donors (Lipinski definition) is 0. The molecule has 0 spiro atoms. The van der Waals surface area contributed by atoms with Crippen molar-refractivity contribution in [1.82, 2.24) is 4.98 Å². The highest BCUT2D eigenvalue weighted by Gasteiger charge is 1.97. The second-order valence-electron chi connectivity index (χ2n) is 2.74. The van der Waals surface area contributed by atoms with Gasteiger partial charge in [0, 0.05) is 11.9 Å². The SMILES string of the molecule is C=C[C@@H](C)Cc1ccccn1. The second-order valence-corrected chi connectivity index (χ2v) is 2.74. The van der Waals surface area contributed by atoms with E-state index in [1.54, 1.807) is 0 Å². The summed E-state index contributed by atoms with van der Waals surface area (Å²) < 4.78 is 0. The highest BCUT2D eigenvalue weighted by atomic mass is 14.7. The highest BCUT2D eigenvalue weighted by molar-refractivity contribution is 5.05. The summed E-state index contributed by atoms with van der Waals surface area (Å²) in [6.45, 7) is 5.87. The van der Waals surface area contributed by atoms with E-state index in [9.17, 15) is 0 Å². The third-order valence-corrected chi connectivity index (χ3v) is 1.66. The quantitative estimate of drug-likeness (QED) is 0.598. The first-order chi connectivity index (χ1) is 5.33. The number of nitrogens with zero attached hydrogens (tertiary/aromatic N) is 1. The number of allylic oxidation sites excluding steroid dienone is 1. The van der Waals surface area contributed by atoms with E-state index in [1.807, 2.05) is 30.5 Å². The molecule has 1 aromatic rings. The van der Waals surface area contributed by atoms with Crippen molar-refractivity contribution in [2.75, 3.05) is 0 Å². The van der Waals surface area contributed by atoms with E-state index in [4.69, 9.17) is 0 Å². The summed E-state index contributed by atoms with van der Waals surface area (Å²) in [5, 5.41) is 0. The number of aromatic nitrogens is 1. The van der Waals surface area contributed by atoms with E-state index in [1.165, 1.54) is 0 Å². The molecule has 0 radical (unpaired) electrons. The molecule has 0 fully saturated rings. The van der Waals surface area contributed by atoms with Crippen LogP contribution >= 0.6 is 0 Å². The maximum atomic E-state index is 4.22. The zero-order valence-corrected chi connectivity index (χ0v) is 6.83. The fourth-order valence-corrected chi connectivity index (χ4v) is 0.932. The summed E-state index contributed by atoms with van der Waals surface area (Å²) in [6, 6.07) is 5.99. The lowest BCUT2D eigenvalue weighted by Gasteiger charge is -2.03. The maximum Gasteiger partial charge on any atom is 0.0409 e. The van der Waals surface area contributed by atoms with Gasteiger partial charge in [0.05, 0.1) is 0 Å². The molecule has 1 heterocycles. The molecule has 1 rings (SSSR count). The average molecular weight is 147 g/mol. The predicted molar refractivity (Wildman–Crippen MR) is 47.3 cm³/mol. The molecule has 0 saturated heterocycles. The number of rotatable bonds is 3. The fraction of sp³-hybridized carbons (Fsp3) is 0.300. The summed E-state index contributed by atoms with van der Waals surface area (Å²) in [5.74, 6) is 0.518. The Morgan fingerprint density at radius 1 is 1.64 bits per heavy atom. The smallest absolute Gasteiger partial charge is 0.0409 e. The molecule has 0 unspecified atom stereocenters. The molecule has 0 aliphatic rings. The van der Waals surface area contributed by atoms with E-state index in [-0.39, 0.29) is 0 Å². The minimum Gasteiger partial charge on any atom is -0.261 e. The fourth-order valence-electron chi connectivity index (χ4n) is 0.932. The van der Waals surface area contributed by atoms with Crippen LogP contribution in [0.1, 0.15) is 12.6 Å². The van der Waals surface area contributed by atoms with Crippen molar-refractivity contribution < 1.29 is 0 Å². The molecule has 0 N–H and O–H groups in total. The van der Waals surface area contributed by atoms with Crippen LogP contribution in [-0.2, 0) is 6.42 Å². The third-order valence-electron chi connectivity index (χ3n) is 1.66. The van der Waals surface area contributed by atoms with Gasteiger partial charge in [-0.3, -0.25) is 4.98 Å². The molecule has 1 aromatic heterocycles. The normalized spacial score (nSPS) is 12.5. The maximum absolute atomic E-state index is 4.22. The van der Waals surface area contributed by atoms with Crippen LogP contribution in [0.4, 0.5) is 0 Å². The summed E-state index contributed by atoms with van der Waals surface area (Å²) >= 11 is 0. The Labute approximate surface area is 67.8 Å². The van der Waals surface area contributed by atoms with Gasteiger partial charge in [0.1, 0.15) is 0 Å². The minimum absolute atomic E-state index is 0.518. The van der Waals surface area contributed by atoms with Crippen LogP contribution in [0.15, 0.2) is 37.1 Å². The average Bonchev–Trinajstić information content (AvgIpc) is 2.06. The topological polar surface area (TPSA) is 12.9 Å². The van der Waals surface area contributed by atoms with E-state index in [0.717, 1.165) is 12.1 Å². The Hall–Kier alpha value is -1.11. The molecule has 0 aliphatic heterocycles. The van der Waals surface area contributed by atoms with E-state index >= 15 is 0 Å². The lowest BCUT2D eigenvalue weighted by molar-refractivity contribution is 0.709. The molecule has 58 valence electrons. The van der Waals surface area contributed by atoms with Crippen LogP contribution in [0, 0.1) is 5.92 Å². The Bertz CT molecular complexity index is 216. The van der Waals surface area contributed by atoms with Crippen molar-refractivity contribution >= 4 is 0 Å². The largest absolute Gasteiger partial charge is 0.261 e. The highest BCUT2D eigenvalue weighted by Crippen LogP contribution is 2.05. The van der Waals surface area contributed by atoms with Crippen LogP contribution in [-0.4, -0.2) is 4.98 Å². The van der Waals surface area contributed by atoms with Crippen LogP contribution in [0.3, 0.4) is 0 Å².